The molecule has 0 aliphatic heterocycles. The number of benzene rings is 1. The molecule has 2 nitrogen and oxygen atoms in total. The van der Waals surface area contributed by atoms with E-state index in [1.807, 2.05) is 7.05 Å². The zero-order chi connectivity index (χ0) is 13.6. The summed E-state index contributed by atoms with van der Waals surface area (Å²) in [4.78, 5) is 0. The van der Waals surface area contributed by atoms with Crippen LogP contribution in [0.4, 0.5) is 0 Å². The molecule has 102 valence electrons. The molecule has 1 aromatic carbocycles. The van der Waals surface area contributed by atoms with Crippen molar-refractivity contribution in [2.75, 3.05) is 14.2 Å². The van der Waals surface area contributed by atoms with Crippen LogP contribution in [0, 0.1) is 0 Å². The molecule has 0 saturated heterocycles. The van der Waals surface area contributed by atoms with Gasteiger partial charge in [0.1, 0.15) is 0 Å². The largest absolute Gasteiger partial charge is 0.379 e. The second kappa shape index (κ2) is 6.91. The first-order valence-electron chi connectivity index (χ1n) is 6.84. The van der Waals surface area contributed by atoms with Gasteiger partial charge in [-0.2, -0.15) is 0 Å². The standard InChI is InChI=1S/C16H27NO/c1-6-13-9-7-8-10-14(13)15(17-4)11-12-16(2,3)18-5/h7-10,15,17H,6,11-12H2,1-5H3. The van der Waals surface area contributed by atoms with Crippen LogP contribution in [0.25, 0.3) is 0 Å². The van der Waals surface area contributed by atoms with Crippen molar-refractivity contribution in [1.82, 2.24) is 5.32 Å². The predicted molar refractivity (Wildman–Crippen MR) is 77.9 cm³/mol. The summed E-state index contributed by atoms with van der Waals surface area (Å²) in [7, 11) is 3.82. The lowest BCUT2D eigenvalue weighted by molar-refractivity contribution is 0.0118. The zero-order valence-corrected chi connectivity index (χ0v) is 12.4. The Hall–Kier alpha value is -0.860. The zero-order valence-electron chi connectivity index (χ0n) is 12.4. The summed E-state index contributed by atoms with van der Waals surface area (Å²) in [6.07, 6.45) is 3.23. The normalized spacial score (nSPS) is 13.6. The van der Waals surface area contributed by atoms with E-state index in [9.17, 15) is 0 Å². The van der Waals surface area contributed by atoms with Crippen LogP contribution < -0.4 is 5.32 Å². The fourth-order valence-corrected chi connectivity index (χ4v) is 2.25. The molecule has 0 aliphatic rings. The quantitative estimate of drug-likeness (QED) is 0.795. The van der Waals surface area contributed by atoms with Gasteiger partial charge in [0.25, 0.3) is 0 Å². The van der Waals surface area contributed by atoms with Crippen LogP contribution in [0.1, 0.15) is 50.8 Å². The van der Waals surface area contributed by atoms with E-state index >= 15 is 0 Å². The van der Waals surface area contributed by atoms with Crippen LogP contribution >= 0.6 is 0 Å². The highest BCUT2D eigenvalue weighted by atomic mass is 16.5. The van der Waals surface area contributed by atoms with Crippen molar-refractivity contribution in [2.24, 2.45) is 0 Å². The third-order valence-corrected chi connectivity index (χ3v) is 3.75. The van der Waals surface area contributed by atoms with Gasteiger partial charge in [0.15, 0.2) is 0 Å². The molecule has 0 bridgehead atoms. The molecule has 1 atom stereocenters. The Balaban J connectivity index is 2.77. The van der Waals surface area contributed by atoms with Crippen LogP contribution in [0.5, 0.6) is 0 Å². The number of methoxy groups -OCH3 is 1. The summed E-state index contributed by atoms with van der Waals surface area (Å²) in [5, 5.41) is 3.43. The number of ether oxygens (including phenoxy) is 1. The maximum atomic E-state index is 5.50. The van der Waals surface area contributed by atoms with Gasteiger partial charge in [0.05, 0.1) is 5.60 Å². The van der Waals surface area contributed by atoms with Gasteiger partial charge in [0, 0.05) is 13.2 Å². The molecule has 0 aliphatic carbocycles. The average Bonchev–Trinajstić information content (AvgIpc) is 2.40. The molecule has 0 saturated carbocycles. The fraction of sp³-hybridized carbons (Fsp3) is 0.625. The van der Waals surface area contributed by atoms with Crippen molar-refractivity contribution >= 4 is 0 Å². The van der Waals surface area contributed by atoms with E-state index in [0.717, 1.165) is 19.3 Å². The molecule has 1 rings (SSSR count). The van der Waals surface area contributed by atoms with Crippen molar-refractivity contribution in [3.63, 3.8) is 0 Å². The van der Waals surface area contributed by atoms with Crippen LogP contribution in [0.15, 0.2) is 24.3 Å². The van der Waals surface area contributed by atoms with Crippen LogP contribution in [0.2, 0.25) is 0 Å². The Bertz CT molecular complexity index is 360. The van der Waals surface area contributed by atoms with Gasteiger partial charge in [-0.3, -0.25) is 0 Å². The minimum Gasteiger partial charge on any atom is -0.379 e. The second-order valence-corrected chi connectivity index (χ2v) is 5.40. The maximum absolute atomic E-state index is 5.50. The first-order chi connectivity index (χ1) is 8.54. The molecule has 0 spiro atoms. The molecular formula is C16H27NO. The molecule has 0 fully saturated rings. The van der Waals surface area contributed by atoms with E-state index in [-0.39, 0.29) is 5.60 Å². The minimum atomic E-state index is -0.0454. The monoisotopic (exact) mass is 249 g/mol. The van der Waals surface area contributed by atoms with E-state index < -0.39 is 0 Å². The summed E-state index contributed by atoms with van der Waals surface area (Å²) >= 11 is 0. The molecule has 0 radical (unpaired) electrons. The fourth-order valence-electron chi connectivity index (χ4n) is 2.25. The Morgan fingerprint density at radius 3 is 2.50 bits per heavy atom. The molecule has 2 heteroatoms. The van der Waals surface area contributed by atoms with E-state index in [1.165, 1.54) is 11.1 Å². The molecule has 1 N–H and O–H groups in total. The topological polar surface area (TPSA) is 21.3 Å². The van der Waals surface area contributed by atoms with E-state index in [0.29, 0.717) is 6.04 Å². The number of nitrogens with one attached hydrogen (secondary N) is 1. The highest BCUT2D eigenvalue weighted by Gasteiger charge is 2.20. The average molecular weight is 249 g/mol. The van der Waals surface area contributed by atoms with Gasteiger partial charge in [0.2, 0.25) is 0 Å². The lowest BCUT2D eigenvalue weighted by Gasteiger charge is -2.27. The smallest absolute Gasteiger partial charge is 0.0623 e. The first kappa shape index (κ1) is 15.2. The lowest BCUT2D eigenvalue weighted by atomic mass is 9.91. The minimum absolute atomic E-state index is 0.0454. The number of hydrogen-bond acceptors (Lipinski definition) is 2. The maximum Gasteiger partial charge on any atom is 0.0623 e. The lowest BCUT2D eigenvalue weighted by Crippen LogP contribution is -2.26. The van der Waals surface area contributed by atoms with Crippen molar-refractivity contribution in [1.29, 1.82) is 0 Å². The van der Waals surface area contributed by atoms with E-state index in [4.69, 9.17) is 4.74 Å². The third kappa shape index (κ3) is 4.11. The van der Waals surface area contributed by atoms with Crippen LogP contribution in [-0.2, 0) is 11.2 Å². The van der Waals surface area contributed by atoms with Gasteiger partial charge in [-0.05, 0) is 51.3 Å². The van der Waals surface area contributed by atoms with Crippen molar-refractivity contribution in [2.45, 2.75) is 51.7 Å². The first-order valence-corrected chi connectivity index (χ1v) is 6.84. The molecule has 18 heavy (non-hydrogen) atoms. The molecule has 0 heterocycles. The van der Waals surface area contributed by atoms with Gasteiger partial charge in [-0.1, -0.05) is 31.2 Å². The van der Waals surface area contributed by atoms with Crippen molar-refractivity contribution < 1.29 is 4.74 Å². The Kier molecular flexibility index (Phi) is 5.83. The molecule has 1 aromatic rings. The summed E-state index contributed by atoms with van der Waals surface area (Å²) < 4.78 is 5.50. The van der Waals surface area contributed by atoms with E-state index in [2.05, 4.69) is 50.4 Å². The van der Waals surface area contributed by atoms with Crippen molar-refractivity contribution in [3.05, 3.63) is 35.4 Å². The number of aryl methyl sites for hydroxylation is 1. The van der Waals surface area contributed by atoms with Gasteiger partial charge in [-0.15, -0.1) is 0 Å². The van der Waals surface area contributed by atoms with E-state index in [1.54, 1.807) is 7.11 Å². The molecule has 0 amide bonds. The summed E-state index contributed by atoms with van der Waals surface area (Å²) in [6, 6.07) is 9.12. The SMILES string of the molecule is CCc1ccccc1C(CCC(C)(C)OC)NC. The number of hydrogen-bond donors (Lipinski definition) is 1. The van der Waals surface area contributed by atoms with Gasteiger partial charge < -0.3 is 10.1 Å². The Labute approximate surface area is 112 Å². The molecular weight excluding hydrogens is 222 g/mol. The van der Waals surface area contributed by atoms with Crippen LogP contribution in [-0.4, -0.2) is 19.8 Å². The summed E-state index contributed by atoms with van der Waals surface area (Å²) in [5.41, 5.74) is 2.82. The van der Waals surface area contributed by atoms with Crippen molar-refractivity contribution in [3.8, 4) is 0 Å². The highest BCUT2D eigenvalue weighted by Crippen LogP contribution is 2.26. The Morgan fingerprint density at radius 2 is 1.94 bits per heavy atom. The summed E-state index contributed by atoms with van der Waals surface area (Å²) in [5.74, 6) is 0. The highest BCUT2D eigenvalue weighted by molar-refractivity contribution is 5.30. The van der Waals surface area contributed by atoms with Crippen LogP contribution in [0.3, 0.4) is 0 Å². The van der Waals surface area contributed by atoms with Gasteiger partial charge in [-0.25, -0.2) is 0 Å². The third-order valence-electron chi connectivity index (χ3n) is 3.75. The number of rotatable bonds is 7. The predicted octanol–water partition coefficient (Wildman–Crippen LogP) is 3.71. The second-order valence-electron chi connectivity index (χ2n) is 5.40. The summed E-state index contributed by atoms with van der Waals surface area (Å²) in [6.45, 7) is 6.50. The molecule has 0 aromatic heterocycles. The van der Waals surface area contributed by atoms with Gasteiger partial charge >= 0.3 is 0 Å². The molecule has 1 unspecified atom stereocenters. The Morgan fingerprint density at radius 1 is 1.28 bits per heavy atom.